The highest BCUT2D eigenvalue weighted by Crippen LogP contribution is 2.24. The van der Waals surface area contributed by atoms with E-state index < -0.39 is 6.43 Å². The zero-order valence-electron chi connectivity index (χ0n) is 6.96. The molecular formula is C8H10F2N2. The summed E-state index contributed by atoms with van der Waals surface area (Å²) in [6, 6.07) is 0. The van der Waals surface area contributed by atoms with Crippen molar-refractivity contribution in [3.05, 3.63) is 23.8 Å². The molecule has 0 saturated carbocycles. The maximum absolute atomic E-state index is 12.3. The van der Waals surface area contributed by atoms with Gasteiger partial charge >= 0.3 is 0 Å². The Labute approximate surface area is 69.7 Å². The fourth-order valence-corrected chi connectivity index (χ4v) is 1.00. The summed E-state index contributed by atoms with van der Waals surface area (Å²) in [4.78, 5) is 7.37. The number of rotatable bonds is 2. The van der Waals surface area contributed by atoms with E-state index in [-0.39, 0.29) is 11.5 Å². The van der Waals surface area contributed by atoms with Gasteiger partial charge in [-0.1, -0.05) is 13.8 Å². The molecule has 0 aliphatic heterocycles. The first-order valence-corrected chi connectivity index (χ1v) is 3.71. The number of alkyl halides is 2. The first-order valence-electron chi connectivity index (χ1n) is 3.71. The van der Waals surface area contributed by atoms with Crippen LogP contribution in [0, 0.1) is 0 Å². The second kappa shape index (κ2) is 3.56. The summed E-state index contributed by atoms with van der Waals surface area (Å²) in [5.41, 5.74) is 0.368. The number of halogens is 2. The second-order valence-corrected chi connectivity index (χ2v) is 2.82. The Morgan fingerprint density at radius 3 is 2.42 bits per heavy atom. The monoisotopic (exact) mass is 172 g/mol. The van der Waals surface area contributed by atoms with Crippen molar-refractivity contribution in [2.75, 3.05) is 0 Å². The highest BCUT2D eigenvalue weighted by Gasteiger charge is 2.15. The SMILES string of the molecule is CC(C)c1ncncc1C(F)F. The molecule has 1 rings (SSSR count). The first kappa shape index (κ1) is 9.03. The van der Waals surface area contributed by atoms with Crippen molar-refractivity contribution in [2.45, 2.75) is 26.2 Å². The van der Waals surface area contributed by atoms with Crippen molar-refractivity contribution in [1.29, 1.82) is 0 Å². The summed E-state index contributed by atoms with van der Waals surface area (Å²) in [6.45, 7) is 3.66. The van der Waals surface area contributed by atoms with Crippen LogP contribution >= 0.6 is 0 Å². The Balaban J connectivity index is 3.09. The molecule has 12 heavy (non-hydrogen) atoms. The summed E-state index contributed by atoms with van der Waals surface area (Å²) in [6.07, 6.45) is -0.0163. The Morgan fingerprint density at radius 1 is 1.33 bits per heavy atom. The molecule has 0 bridgehead atoms. The van der Waals surface area contributed by atoms with Gasteiger partial charge in [0.2, 0.25) is 0 Å². The lowest BCUT2D eigenvalue weighted by molar-refractivity contribution is 0.148. The summed E-state index contributed by atoms with van der Waals surface area (Å²) in [7, 11) is 0. The Hall–Kier alpha value is -1.06. The standard InChI is InChI=1S/C8H10F2N2/c1-5(2)7-6(8(9)10)3-11-4-12-7/h3-5,8H,1-2H3. The molecule has 0 atom stereocenters. The molecular weight excluding hydrogens is 162 g/mol. The molecule has 0 aromatic carbocycles. The smallest absolute Gasteiger partial charge is 0.244 e. The Bertz CT molecular complexity index is 234. The van der Waals surface area contributed by atoms with Crippen LogP contribution in [0.1, 0.15) is 37.4 Å². The predicted molar refractivity (Wildman–Crippen MR) is 41.1 cm³/mol. The van der Waals surface area contributed by atoms with Crippen molar-refractivity contribution >= 4 is 0 Å². The lowest BCUT2D eigenvalue weighted by Gasteiger charge is -2.08. The summed E-state index contributed by atoms with van der Waals surface area (Å²) < 4.78 is 24.6. The number of nitrogens with zero attached hydrogens (tertiary/aromatic N) is 2. The molecule has 0 saturated heterocycles. The average Bonchev–Trinajstić information content (AvgIpc) is 2.04. The fourth-order valence-electron chi connectivity index (χ4n) is 1.00. The van der Waals surface area contributed by atoms with Crippen LogP contribution in [0.15, 0.2) is 12.5 Å². The van der Waals surface area contributed by atoms with E-state index in [0.29, 0.717) is 5.69 Å². The van der Waals surface area contributed by atoms with Gasteiger partial charge in [-0.3, -0.25) is 0 Å². The van der Waals surface area contributed by atoms with Crippen molar-refractivity contribution < 1.29 is 8.78 Å². The molecule has 1 aromatic rings. The zero-order valence-corrected chi connectivity index (χ0v) is 6.96. The lowest BCUT2D eigenvalue weighted by atomic mass is 10.1. The van der Waals surface area contributed by atoms with Crippen LogP contribution in [0.5, 0.6) is 0 Å². The van der Waals surface area contributed by atoms with Crippen LogP contribution in [0.25, 0.3) is 0 Å². The van der Waals surface area contributed by atoms with E-state index in [1.807, 2.05) is 13.8 Å². The fraction of sp³-hybridized carbons (Fsp3) is 0.500. The third-order valence-corrected chi connectivity index (χ3v) is 1.55. The van der Waals surface area contributed by atoms with Crippen LogP contribution in [-0.2, 0) is 0 Å². The van der Waals surface area contributed by atoms with E-state index in [1.54, 1.807) is 0 Å². The molecule has 0 amide bonds. The number of aromatic nitrogens is 2. The molecule has 0 aliphatic rings. The van der Waals surface area contributed by atoms with Gasteiger partial charge in [-0.15, -0.1) is 0 Å². The number of hydrogen-bond acceptors (Lipinski definition) is 2. The van der Waals surface area contributed by atoms with Crippen LogP contribution in [0.4, 0.5) is 8.78 Å². The number of hydrogen-bond donors (Lipinski definition) is 0. The molecule has 0 aliphatic carbocycles. The molecule has 0 spiro atoms. The quantitative estimate of drug-likeness (QED) is 0.685. The van der Waals surface area contributed by atoms with Gasteiger partial charge in [-0.25, -0.2) is 18.7 Å². The van der Waals surface area contributed by atoms with Crippen molar-refractivity contribution in [3.8, 4) is 0 Å². The molecule has 0 unspecified atom stereocenters. The van der Waals surface area contributed by atoms with Crippen LogP contribution < -0.4 is 0 Å². The minimum atomic E-state index is -2.48. The normalized spacial score (nSPS) is 11.2. The maximum atomic E-state index is 12.3. The zero-order chi connectivity index (χ0) is 9.14. The van der Waals surface area contributed by atoms with E-state index in [1.165, 1.54) is 12.5 Å². The van der Waals surface area contributed by atoms with Gasteiger partial charge in [0.25, 0.3) is 6.43 Å². The summed E-state index contributed by atoms with van der Waals surface area (Å²) in [5.74, 6) is 0.0111. The van der Waals surface area contributed by atoms with Gasteiger partial charge in [0.1, 0.15) is 6.33 Å². The Kier molecular flexibility index (Phi) is 2.68. The van der Waals surface area contributed by atoms with E-state index in [9.17, 15) is 8.78 Å². The predicted octanol–water partition coefficient (Wildman–Crippen LogP) is 2.54. The van der Waals surface area contributed by atoms with Crippen LogP contribution in [-0.4, -0.2) is 9.97 Å². The maximum Gasteiger partial charge on any atom is 0.267 e. The second-order valence-electron chi connectivity index (χ2n) is 2.82. The van der Waals surface area contributed by atoms with Crippen molar-refractivity contribution in [3.63, 3.8) is 0 Å². The third-order valence-electron chi connectivity index (χ3n) is 1.55. The molecule has 1 heterocycles. The summed E-state index contributed by atoms with van der Waals surface area (Å²) >= 11 is 0. The van der Waals surface area contributed by atoms with E-state index in [2.05, 4.69) is 9.97 Å². The highest BCUT2D eigenvalue weighted by molar-refractivity contribution is 5.19. The van der Waals surface area contributed by atoms with E-state index in [4.69, 9.17) is 0 Å². The van der Waals surface area contributed by atoms with E-state index >= 15 is 0 Å². The Morgan fingerprint density at radius 2 is 2.00 bits per heavy atom. The lowest BCUT2D eigenvalue weighted by Crippen LogP contribution is -2.00. The van der Waals surface area contributed by atoms with Gasteiger partial charge in [0, 0.05) is 6.20 Å². The van der Waals surface area contributed by atoms with Gasteiger partial charge < -0.3 is 0 Å². The summed E-state index contributed by atoms with van der Waals surface area (Å²) in [5, 5.41) is 0. The molecule has 0 N–H and O–H groups in total. The molecule has 0 fully saturated rings. The van der Waals surface area contributed by atoms with Crippen LogP contribution in [0.2, 0.25) is 0 Å². The first-order chi connectivity index (χ1) is 5.63. The van der Waals surface area contributed by atoms with Gasteiger partial charge in [0.05, 0.1) is 11.3 Å². The van der Waals surface area contributed by atoms with Crippen LogP contribution in [0.3, 0.4) is 0 Å². The third kappa shape index (κ3) is 1.75. The van der Waals surface area contributed by atoms with Gasteiger partial charge in [0.15, 0.2) is 0 Å². The topological polar surface area (TPSA) is 25.8 Å². The largest absolute Gasteiger partial charge is 0.267 e. The molecule has 4 heteroatoms. The average molecular weight is 172 g/mol. The molecule has 66 valence electrons. The van der Waals surface area contributed by atoms with E-state index in [0.717, 1.165) is 0 Å². The molecule has 1 aromatic heterocycles. The molecule has 2 nitrogen and oxygen atoms in total. The van der Waals surface area contributed by atoms with Crippen molar-refractivity contribution in [2.24, 2.45) is 0 Å². The highest BCUT2D eigenvalue weighted by atomic mass is 19.3. The minimum Gasteiger partial charge on any atom is -0.244 e. The van der Waals surface area contributed by atoms with Crippen molar-refractivity contribution in [1.82, 2.24) is 9.97 Å². The van der Waals surface area contributed by atoms with Gasteiger partial charge in [-0.05, 0) is 5.92 Å². The molecule has 0 radical (unpaired) electrons. The van der Waals surface area contributed by atoms with Gasteiger partial charge in [-0.2, -0.15) is 0 Å². The minimum absolute atomic E-state index is 0.0111.